The number of amides is 2. The third kappa shape index (κ3) is 4.44. The maximum atomic E-state index is 12.8. The molecule has 4 unspecified atom stereocenters. The molecule has 1 aromatic carbocycles. The van der Waals surface area contributed by atoms with Crippen molar-refractivity contribution >= 4 is 11.8 Å². The molecule has 2 bridgehead atoms. The highest BCUT2D eigenvalue weighted by Crippen LogP contribution is 2.57. The van der Waals surface area contributed by atoms with Crippen LogP contribution in [0.2, 0.25) is 0 Å². The number of hydrogen-bond donors (Lipinski definition) is 3. The number of rotatable bonds is 7. The quantitative estimate of drug-likeness (QED) is 0.581. The lowest BCUT2D eigenvalue weighted by Crippen LogP contribution is -2.46. The molecular weight excluding hydrogens is 435 g/mol. The SMILES string of the molecule is O=C(CNC(=O)c1cccc(CF)c1)N[C@@H]1CCN(C2CC3CC2CC3(O)c2ccncc2)C1. The van der Waals surface area contributed by atoms with Crippen molar-refractivity contribution in [3.63, 3.8) is 0 Å². The normalized spacial score (nSPS) is 30.4. The van der Waals surface area contributed by atoms with Gasteiger partial charge in [-0.1, -0.05) is 12.1 Å². The van der Waals surface area contributed by atoms with Crippen molar-refractivity contribution in [3.8, 4) is 0 Å². The molecule has 1 saturated heterocycles. The molecule has 2 amide bonds. The van der Waals surface area contributed by atoms with Gasteiger partial charge in [-0.15, -0.1) is 0 Å². The number of nitrogens with zero attached hydrogens (tertiary/aromatic N) is 2. The van der Waals surface area contributed by atoms with Gasteiger partial charge in [0.05, 0.1) is 12.1 Å². The van der Waals surface area contributed by atoms with E-state index in [2.05, 4.69) is 20.5 Å². The van der Waals surface area contributed by atoms with E-state index in [4.69, 9.17) is 0 Å². The maximum absolute atomic E-state index is 12.8. The molecule has 34 heavy (non-hydrogen) atoms. The number of pyridine rings is 1. The van der Waals surface area contributed by atoms with E-state index in [1.807, 2.05) is 12.1 Å². The van der Waals surface area contributed by atoms with Crippen LogP contribution in [0.4, 0.5) is 4.39 Å². The van der Waals surface area contributed by atoms with E-state index in [9.17, 15) is 19.1 Å². The average molecular weight is 467 g/mol. The highest BCUT2D eigenvalue weighted by molar-refractivity contribution is 5.96. The molecule has 3 N–H and O–H groups in total. The van der Waals surface area contributed by atoms with Crippen LogP contribution in [-0.4, -0.2) is 58.5 Å². The molecule has 0 spiro atoms. The number of alkyl halides is 1. The first-order valence-electron chi connectivity index (χ1n) is 12.1. The van der Waals surface area contributed by atoms with E-state index in [-0.39, 0.29) is 30.3 Å². The summed E-state index contributed by atoms with van der Waals surface area (Å²) < 4.78 is 12.8. The lowest BCUT2D eigenvalue weighted by atomic mass is 9.77. The van der Waals surface area contributed by atoms with Gasteiger partial charge >= 0.3 is 0 Å². The number of aliphatic hydroxyl groups is 1. The molecule has 8 heteroatoms. The fraction of sp³-hybridized carbons (Fsp3) is 0.500. The smallest absolute Gasteiger partial charge is 0.251 e. The van der Waals surface area contributed by atoms with E-state index >= 15 is 0 Å². The molecule has 3 fully saturated rings. The van der Waals surface area contributed by atoms with Gasteiger partial charge in [-0.3, -0.25) is 19.5 Å². The zero-order valence-corrected chi connectivity index (χ0v) is 19.1. The van der Waals surface area contributed by atoms with Gasteiger partial charge in [-0.2, -0.15) is 0 Å². The van der Waals surface area contributed by atoms with Gasteiger partial charge < -0.3 is 15.7 Å². The van der Waals surface area contributed by atoms with Crippen molar-refractivity contribution in [1.29, 1.82) is 0 Å². The van der Waals surface area contributed by atoms with E-state index in [0.29, 0.717) is 23.1 Å². The molecule has 180 valence electrons. The molecule has 2 saturated carbocycles. The van der Waals surface area contributed by atoms with Crippen LogP contribution in [0.5, 0.6) is 0 Å². The van der Waals surface area contributed by atoms with Crippen molar-refractivity contribution in [3.05, 3.63) is 65.5 Å². The highest BCUT2D eigenvalue weighted by Gasteiger charge is 2.56. The summed E-state index contributed by atoms with van der Waals surface area (Å²) in [4.78, 5) is 31.2. The highest BCUT2D eigenvalue weighted by atomic mass is 19.1. The zero-order chi connectivity index (χ0) is 23.7. The first kappa shape index (κ1) is 22.9. The lowest BCUT2D eigenvalue weighted by molar-refractivity contribution is -0.120. The minimum atomic E-state index is -0.751. The predicted molar refractivity (Wildman–Crippen MR) is 124 cm³/mol. The Morgan fingerprint density at radius 1 is 1.21 bits per heavy atom. The molecule has 2 aromatic rings. The Morgan fingerprint density at radius 2 is 2.03 bits per heavy atom. The number of carbonyl (C=O) groups excluding carboxylic acids is 2. The number of fused-ring (bicyclic) bond motifs is 2. The van der Waals surface area contributed by atoms with Gasteiger partial charge in [0.25, 0.3) is 5.91 Å². The number of nitrogens with one attached hydrogen (secondary N) is 2. The van der Waals surface area contributed by atoms with Crippen molar-refractivity contribution in [2.24, 2.45) is 11.8 Å². The topological polar surface area (TPSA) is 94.6 Å². The third-order valence-corrected chi connectivity index (χ3v) is 7.89. The fourth-order valence-corrected chi connectivity index (χ4v) is 6.26. The van der Waals surface area contributed by atoms with Gasteiger partial charge in [-0.25, -0.2) is 4.39 Å². The molecule has 7 nitrogen and oxygen atoms in total. The largest absolute Gasteiger partial charge is 0.385 e. The molecule has 5 rings (SSSR count). The van der Waals surface area contributed by atoms with Crippen molar-refractivity contribution in [1.82, 2.24) is 20.5 Å². The van der Waals surface area contributed by atoms with Crippen LogP contribution in [0, 0.1) is 11.8 Å². The number of aromatic nitrogens is 1. The van der Waals surface area contributed by atoms with Crippen molar-refractivity contribution < 1.29 is 19.1 Å². The standard InChI is InChI=1S/C26H31FN4O3/c27-14-17-2-1-3-18(10-17)25(33)29-15-24(32)30-22-6-9-31(16-22)23-12-21-11-19(23)13-26(21,34)20-4-7-28-8-5-20/h1-5,7-8,10,19,21-23,34H,6,9,11-16H2,(H,29,33)(H,30,32)/t19?,21?,22-,23?,26?/m1/s1. The number of likely N-dealkylation sites (tertiary alicyclic amines) is 1. The molecule has 1 aromatic heterocycles. The summed E-state index contributed by atoms with van der Waals surface area (Å²) in [5.74, 6) is 0.102. The van der Waals surface area contributed by atoms with Gasteiger partial charge in [-0.05, 0) is 72.9 Å². The van der Waals surface area contributed by atoms with Crippen molar-refractivity contribution in [2.45, 2.75) is 50.0 Å². The molecule has 2 heterocycles. The number of carbonyl (C=O) groups is 2. The van der Waals surface area contributed by atoms with E-state index in [1.165, 1.54) is 6.07 Å². The summed E-state index contributed by atoms with van der Waals surface area (Å²) in [7, 11) is 0. The molecule has 1 aliphatic heterocycles. The Labute approximate surface area is 198 Å². The Balaban J connectivity index is 1.09. The lowest BCUT2D eigenvalue weighted by Gasteiger charge is -2.39. The van der Waals surface area contributed by atoms with Gasteiger partial charge in [0, 0.05) is 43.1 Å². The number of hydrogen-bond acceptors (Lipinski definition) is 5. The van der Waals surface area contributed by atoms with Crippen molar-refractivity contribution in [2.75, 3.05) is 19.6 Å². The molecular formula is C26H31FN4O3. The molecule has 2 aliphatic carbocycles. The first-order chi connectivity index (χ1) is 16.5. The van der Waals surface area contributed by atoms with Crippen LogP contribution in [0.1, 0.15) is 47.2 Å². The predicted octanol–water partition coefficient (Wildman–Crippen LogP) is 2.16. The van der Waals surface area contributed by atoms with E-state index in [1.54, 1.807) is 30.6 Å². The molecule has 0 radical (unpaired) electrons. The van der Waals surface area contributed by atoms with Crippen LogP contribution in [0.3, 0.4) is 0 Å². The summed E-state index contributed by atoms with van der Waals surface area (Å²) in [6.45, 7) is 0.975. The van der Waals surface area contributed by atoms with E-state index in [0.717, 1.165) is 44.3 Å². The average Bonchev–Trinajstić information content (AvgIpc) is 3.58. The second-order valence-electron chi connectivity index (χ2n) is 9.92. The van der Waals surface area contributed by atoms with Crippen LogP contribution >= 0.6 is 0 Å². The summed E-state index contributed by atoms with van der Waals surface area (Å²) >= 11 is 0. The van der Waals surface area contributed by atoms with Crippen LogP contribution in [0.25, 0.3) is 0 Å². The zero-order valence-electron chi connectivity index (χ0n) is 19.1. The minimum Gasteiger partial charge on any atom is -0.385 e. The monoisotopic (exact) mass is 466 g/mol. The summed E-state index contributed by atoms with van der Waals surface area (Å²) in [6.07, 6.45) is 7.14. The second-order valence-corrected chi connectivity index (χ2v) is 9.92. The fourth-order valence-electron chi connectivity index (χ4n) is 6.26. The van der Waals surface area contributed by atoms with Gasteiger partial charge in [0.1, 0.15) is 6.67 Å². The Kier molecular flexibility index (Phi) is 6.36. The summed E-state index contributed by atoms with van der Waals surface area (Å²) in [5, 5.41) is 17.0. The molecule has 3 aliphatic rings. The van der Waals surface area contributed by atoms with E-state index < -0.39 is 12.3 Å². The molecule has 5 atom stereocenters. The number of benzene rings is 1. The van der Waals surface area contributed by atoms with Gasteiger partial charge in [0.15, 0.2) is 0 Å². The third-order valence-electron chi connectivity index (χ3n) is 7.89. The van der Waals surface area contributed by atoms with Gasteiger partial charge in [0.2, 0.25) is 5.91 Å². The first-order valence-corrected chi connectivity index (χ1v) is 12.1. The minimum absolute atomic E-state index is 0.0532. The number of halogens is 1. The summed E-state index contributed by atoms with van der Waals surface area (Å²) in [5.41, 5.74) is 0.999. The Bertz CT molecular complexity index is 1050. The maximum Gasteiger partial charge on any atom is 0.251 e. The van der Waals surface area contributed by atoms with Crippen LogP contribution < -0.4 is 10.6 Å². The summed E-state index contributed by atoms with van der Waals surface area (Å²) in [6, 6.07) is 10.7. The second kappa shape index (κ2) is 9.43. The Hall–Kier alpha value is -2.84. The van der Waals surface area contributed by atoms with Crippen LogP contribution in [-0.2, 0) is 17.1 Å². The Morgan fingerprint density at radius 3 is 2.76 bits per heavy atom. The van der Waals surface area contributed by atoms with Crippen LogP contribution in [0.15, 0.2) is 48.8 Å².